The molecule has 0 radical (unpaired) electrons. The Labute approximate surface area is 183 Å². The van der Waals surface area contributed by atoms with Crippen LogP contribution < -0.4 is 15.8 Å². The second-order valence-corrected chi connectivity index (χ2v) is 7.06. The number of hydrogen-bond donors (Lipinski definition) is 3. The minimum absolute atomic E-state index is 0.0803. The minimum atomic E-state index is -0.832. The second-order valence-electron chi connectivity index (χ2n) is 7.06. The summed E-state index contributed by atoms with van der Waals surface area (Å²) in [5.74, 6) is 0.305. The lowest BCUT2D eigenvalue weighted by molar-refractivity contribution is -0.137. The first-order valence-electron chi connectivity index (χ1n) is 10.1. The van der Waals surface area contributed by atoms with Crippen molar-refractivity contribution in [3.05, 3.63) is 42.9 Å². The van der Waals surface area contributed by atoms with Gasteiger partial charge in [-0.2, -0.15) is 14.8 Å². The molecule has 0 saturated heterocycles. The number of aliphatic carboxylic acids is 1. The number of nitrogens with one attached hydrogen (secondary N) is 1. The molecule has 0 atom stereocenters. The van der Waals surface area contributed by atoms with Gasteiger partial charge in [0.2, 0.25) is 5.95 Å². The van der Waals surface area contributed by atoms with Crippen LogP contribution in [0.25, 0.3) is 16.9 Å². The molecule has 0 fully saturated rings. The summed E-state index contributed by atoms with van der Waals surface area (Å²) in [7, 11) is 0. The van der Waals surface area contributed by atoms with Crippen molar-refractivity contribution in [3.63, 3.8) is 0 Å². The Morgan fingerprint density at radius 1 is 1.19 bits per heavy atom. The van der Waals surface area contributed by atoms with E-state index < -0.39 is 5.97 Å². The predicted molar refractivity (Wildman–Crippen MR) is 117 cm³/mol. The number of ether oxygens (including phenoxy) is 1. The standard InChI is InChI=1S/C20H23N9O3/c21-14-11-24-28(13-14)9-2-8-22-20-23-12-17-19(25-20)29(27-26-17)15-4-6-16(7-5-15)32-10-1-3-18(30)31/h4-7,11-13H,1-3,8-10,21H2,(H,30,31)(H,22,23,25). The van der Waals surface area contributed by atoms with Gasteiger partial charge in [0.15, 0.2) is 11.2 Å². The molecule has 4 rings (SSSR count). The number of nitrogen functional groups attached to an aromatic ring is 1. The predicted octanol–water partition coefficient (Wildman–Crippen LogP) is 1.73. The van der Waals surface area contributed by atoms with Crippen molar-refractivity contribution in [1.29, 1.82) is 0 Å². The highest BCUT2D eigenvalue weighted by Gasteiger charge is 2.10. The third kappa shape index (κ3) is 5.28. The fraction of sp³-hybridized carbons (Fsp3) is 0.300. The SMILES string of the molecule is Nc1cnn(CCCNc2ncc3nnn(-c4ccc(OCCCC(=O)O)cc4)c3n2)c1. The number of fused-ring (bicyclic) bond motifs is 1. The van der Waals surface area contributed by atoms with Gasteiger partial charge in [0.05, 0.1) is 30.4 Å². The van der Waals surface area contributed by atoms with E-state index in [-0.39, 0.29) is 6.42 Å². The fourth-order valence-electron chi connectivity index (χ4n) is 3.03. The van der Waals surface area contributed by atoms with Gasteiger partial charge in [-0.3, -0.25) is 9.48 Å². The van der Waals surface area contributed by atoms with Gasteiger partial charge in [0.1, 0.15) is 5.75 Å². The number of benzene rings is 1. The quantitative estimate of drug-likeness (QED) is 0.295. The number of anilines is 2. The Hall–Kier alpha value is -4.22. The second kappa shape index (κ2) is 9.73. The zero-order valence-corrected chi connectivity index (χ0v) is 17.3. The van der Waals surface area contributed by atoms with Crippen LogP contribution in [0.15, 0.2) is 42.9 Å². The average molecular weight is 437 g/mol. The number of rotatable bonds is 11. The molecule has 3 aromatic heterocycles. The van der Waals surface area contributed by atoms with Crippen molar-refractivity contribution < 1.29 is 14.6 Å². The first-order valence-corrected chi connectivity index (χ1v) is 10.1. The van der Waals surface area contributed by atoms with Gasteiger partial charge < -0.3 is 20.9 Å². The van der Waals surface area contributed by atoms with Crippen LogP contribution in [-0.4, -0.2) is 59.0 Å². The lowest BCUT2D eigenvalue weighted by atomic mass is 10.3. The average Bonchev–Trinajstić information content (AvgIpc) is 3.40. The molecule has 12 nitrogen and oxygen atoms in total. The third-order valence-electron chi connectivity index (χ3n) is 4.58. The van der Waals surface area contributed by atoms with E-state index >= 15 is 0 Å². The van der Waals surface area contributed by atoms with Gasteiger partial charge in [0.25, 0.3) is 0 Å². The van der Waals surface area contributed by atoms with Crippen LogP contribution >= 0.6 is 0 Å². The highest BCUT2D eigenvalue weighted by atomic mass is 16.5. The lowest BCUT2D eigenvalue weighted by Crippen LogP contribution is -2.09. The lowest BCUT2D eigenvalue weighted by Gasteiger charge is -2.07. The van der Waals surface area contributed by atoms with E-state index in [0.29, 0.717) is 48.1 Å². The largest absolute Gasteiger partial charge is 0.494 e. The van der Waals surface area contributed by atoms with Crippen LogP contribution in [0.4, 0.5) is 11.6 Å². The summed E-state index contributed by atoms with van der Waals surface area (Å²) in [5, 5.41) is 24.3. The van der Waals surface area contributed by atoms with Crippen LogP contribution in [0.1, 0.15) is 19.3 Å². The molecule has 3 heterocycles. The third-order valence-corrected chi connectivity index (χ3v) is 4.58. The fourth-order valence-corrected chi connectivity index (χ4v) is 3.03. The molecule has 1 aromatic carbocycles. The molecule has 0 bridgehead atoms. The van der Waals surface area contributed by atoms with Crippen LogP contribution in [0.2, 0.25) is 0 Å². The van der Waals surface area contributed by atoms with Gasteiger partial charge >= 0.3 is 5.97 Å². The Morgan fingerprint density at radius 3 is 2.78 bits per heavy atom. The van der Waals surface area contributed by atoms with Crippen molar-refractivity contribution in [2.24, 2.45) is 0 Å². The molecule has 0 aliphatic rings. The molecular formula is C20H23N9O3. The maximum atomic E-state index is 10.6. The molecule has 0 spiro atoms. The molecule has 0 saturated carbocycles. The van der Waals surface area contributed by atoms with Crippen molar-refractivity contribution in [2.45, 2.75) is 25.8 Å². The summed E-state index contributed by atoms with van der Waals surface area (Å²) >= 11 is 0. The van der Waals surface area contributed by atoms with Crippen LogP contribution in [-0.2, 0) is 11.3 Å². The Kier molecular flexibility index (Phi) is 6.39. The van der Waals surface area contributed by atoms with E-state index in [4.69, 9.17) is 15.6 Å². The van der Waals surface area contributed by atoms with Gasteiger partial charge in [0, 0.05) is 25.7 Å². The summed E-state index contributed by atoms with van der Waals surface area (Å²) < 4.78 is 8.99. The van der Waals surface area contributed by atoms with Crippen LogP contribution in [0.3, 0.4) is 0 Å². The van der Waals surface area contributed by atoms with Gasteiger partial charge in [-0.25, -0.2) is 4.98 Å². The van der Waals surface area contributed by atoms with Gasteiger partial charge in [-0.05, 0) is 37.1 Å². The zero-order valence-electron chi connectivity index (χ0n) is 17.3. The molecule has 0 unspecified atom stereocenters. The molecule has 4 aromatic rings. The summed E-state index contributed by atoms with van der Waals surface area (Å²) in [6.45, 7) is 1.74. The number of carboxylic acids is 1. The first kappa shape index (κ1) is 21.0. The summed E-state index contributed by atoms with van der Waals surface area (Å²) in [6.07, 6.45) is 6.40. The number of aromatic nitrogens is 7. The molecule has 0 amide bonds. The molecule has 32 heavy (non-hydrogen) atoms. The highest BCUT2D eigenvalue weighted by Crippen LogP contribution is 2.19. The summed E-state index contributed by atoms with van der Waals surface area (Å²) in [4.78, 5) is 19.4. The van der Waals surface area contributed by atoms with Crippen molar-refractivity contribution in [3.8, 4) is 11.4 Å². The molecular weight excluding hydrogens is 414 g/mol. The Morgan fingerprint density at radius 2 is 2.03 bits per heavy atom. The number of hydrogen-bond acceptors (Lipinski definition) is 9. The van der Waals surface area contributed by atoms with E-state index in [1.807, 2.05) is 12.1 Å². The van der Waals surface area contributed by atoms with Crippen molar-refractivity contribution in [2.75, 3.05) is 24.2 Å². The number of aryl methyl sites for hydroxylation is 1. The molecule has 12 heteroatoms. The highest BCUT2D eigenvalue weighted by molar-refractivity contribution is 5.72. The number of nitrogens with two attached hydrogens (primary N) is 1. The Bertz CT molecular complexity index is 1190. The molecule has 0 aliphatic heterocycles. The number of carboxylic acid groups (broad SMARTS) is 1. The maximum absolute atomic E-state index is 10.6. The van der Waals surface area contributed by atoms with Crippen molar-refractivity contribution >= 4 is 28.8 Å². The molecule has 4 N–H and O–H groups in total. The van der Waals surface area contributed by atoms with Crippen LogP contribution in [0, 0.1) is 0 Å². The van der Waals surface area contributed by atoms with E-state index in [1.165, 1.54) is 0 Å². The topological polar surface area (TPSA) is 159 Å². The van der Waals surface area contributed by atoms with E-state index in [0.717, 1.165) is 18.7 Å². The first-order chi connectivity index (χ1) is 15.6. The Balaban J connectivity index is 1.37. The normalized spacial score (nSPS) is 11.0. The molecule has 0 aliphatic carbocycles. The number of carbonyl (C=O) groups is 1. The number of nitrogens with zero attached hydrogens (tertiary/aromatic N) is 7. The molecule has 166 valence electrons. The van der Waals surface area contributed by atoms with Gasteiger partial charge in [-0.15, -0.1) is 5.10 Å². The zero-order chi connectivity index (χ0) is 22.3. The van der Waals surface area contributed by atoms with E-state index in [2.05, 4.69) is 30.7 Å². The minimum Gasteiger partial charge on any atom is -0.494 e. The summed E-state index contributed by atoms with van der Waals surface area (Å²) in [6, 6.07) is 7.27. The van der Waals surface area contributed by atoms with Crippen LogP contribution in [0.5, 0.6) is 5.75 Å². The maximum Gasteiger partial charge on any atom is 0.303 e. The smallest absolute Gasteiger partial charge is 0.303 e. The van der Waals surface area contributed by atoms with E-state index in [9.17, 15) is 4.79 Å². The van der Waals surface area contributed by atoms with E-state index in [1.54, 1.807) is 40.1 Å². The van der Waals surface area contributed by atoms with Crippen molar-refractivity contribution in [1.82, 2.24) is 34.7 Å². The van der Waals surface area contributed by atoms with Gasteiger partial charge in [-0.1, -0.05) is 5.21 Å². The monoisotopic (exact) mass is 437 g/mol. The summed E-state index contributed by atoms with van der Waals surface area (Å²) in [5.41, 5.74) is 8.24.